The number of aromatic nitrogens is 1. The molecule has 0 saturated heterocycles. The Labute approximate surface area is 93.8 Å². The van der Waals surface area contributed by atoms with Crippen molar-refractivity contribution in [2.45, 2.75) is 45.5 Å². The maximum Gasteiger partial charge on any atom is 0.192 e. The minimum Gasteiger partial charge on any atom is -0.413 e. The van der Waals surface area contributed by atoms with E-state index in [1.165, 1.54) is 0 Å². The molecule has 0 atom stereocenters. The summed E-state index contributed by atoms with van der Waals surface area (Å²) in [6.45, 7) is 11.9. The van der Waals surface area contributed by atoms with Gasteiger partial charge >= 0.3 is 0 Å². The van der Waals surface area contributed by atoms with Crippen LogP contribution < -0.4 is 0 Å². The zero-order valence-electron chi connectivity index (χ0n) is 10.3. The van der Waals surface area contributed by atoms with Gasteiger partial charge < -0.3 is 4.43 Å². The minimum absolute atomic E-state index is 0.268. The van der Waals surface area contributed by atoms with Crippen molar-refractivity contribution in [1.29, 1.82) is 0 Å². The molecule has 3 heteroatoms. The number of hydrogen-bond donors (Lipinski definition) is 0. The van der Waals surface area contributed by atoms with Gasteiger partial charge in [0.15, 0.2) is 8.32 Å². The highest BCUT2D eigenvalue weighted by atomic mass is 28.4. The molecule has 0 aliphatic carbocycles. The van der Waals surface area contributed by atoms with Gasteiger partial charge in [-0.05, 0) is 35.8 Å². The van der Waals surface area contributed by atoms with Crippen LogP contribution in [0.4, 0.5) is 0 Å². The maximum absolute atomic E-state index is 6.07. The van der Waals surface area contributed by atoms with Crippen molar-refractivity contribution in [3.63, 3.8) is 0 Å². The van der Waals surface area contributed by atoms with Gasteiger partial charge in [-0.3, -0.25) is 4.98 Å². The van der Waals surface area contributed by atoms with Crippen LogP contribution in [-0.4, -0.2) is 13.3 Å². The van der Waals surface area contributed by atoms with E-state index in [4.69, 9.17) is 4.43 Å². The van der Waals surface area contributed by atoms with E-state index in [-0.39, 0.29) is 5.04 Å². The molecule has 0 aliphatic rings. The van der Waals surface area contributed by atoms with E-state index >= 15 is 0 Å². The highest BCUT2D eigenvalue weighted by Gasteiger charge is 2.36. The Balaban J connectivity index is 2.58. The summed E-state index contributed by atoms with van der Waals surface area (Å²) in [5, 5.41) is 0.268. The number of rotatable bonds is 3. The lowest BCUT2D eigenvalue weighted by Gasteiger charge is -2.36. The Bertz CT molecular complexity index is 303. The number of pyridine rings is 1. The van der Waals surface area contributed by atoms with Crippen molar-refractivity contribution in [3.8, 4) is 0 Å². The van der Waals surface area contributed by atoms with Gasteiger partial charge in [-0.2, -0.15) is 0 Å². The maximum atomic E-state index is 6.07. The van der Waals surface area contributed by atoms with Crippen molar-refractivity contribution in [3.05, 3.63) is 30.1 Å². The van der Waals surface area contributed by atoms with E-state index in [1.54, 1.807) is 6.20 Å². The minimum atomic E-state index is -1.62. The van der Waals surface area contributed by atoms with Crippen molar-refractivity contribution in [1.82, 2.24) is 4.98 Å². The van der Waals surface area contributed by atoms with E-state index < -0.39 is 8.32 Å². The lowest BCUT2D eigenvalue weighted by Crippen LogP contribution is -2.40. The molecule has 2 nitrogen and oxygen atoms in total. The predicted octanol–water partition coefficient (Wildman–Crippen LogP) is 3.40. The summed E-state index contributed by atoms with van der Waals surface area (Å²) in [7, 11) is -1.62. The van der Waals surface area contributed by atoms with Crippen molar-refractivity contribution >= 4 is 8.32 Å². The molecule has 15 heavy (non-hydrogen) atoms. The van der Waals surface area contributed by atoms with Gasteiger partial charge in [0, 0.05) is 6.20 Å². The largest absolute Gasteiger partial charge is 0.413 e. The topological polar surface area (TPSA) is 22.1 Å². The average molecular weight is 222 g/mol. The van der Waals surface area contributed by atoms with Gasteiger partial charge in [-0.15, -0.1) is 0 Å². The van der Waals surface area contributed by atoms with Crippen LogP contribution in [0.15, 0.2) is 18.3 Å². The molecule has 0 N–H and O–H groups in total. The van der Waals surface area contributed by atoms with Gasteiger partial charge in [-0.25, -0.2) is 0 Å². The molecule has 1 radical (unpaired) electrons. The highest BCUT2D eigenvalue weighted by molar-refractivity contribution is 6.74. The molecule has 0 unspecified atom stereocenters. The monoisotopic (exact) mass is 222 g/mol. The van der Waals surface area contributed by atoms with E-state index in [9.17, 15) is 0 Å². The van der Waals surface area contributed by atoms with Crippen LogP contribution in [0.2, 0.25) is 18.1 Å². The van der Waals surface area contributed by atoms with E-state index in [0.717, 1.165) is 5.56 Å². The standard InChI is InChI=1S/C12H20NOSi/c1-12(2,3)15(4,5)14-10-11-6-8-13-9-7-11/h6-8H,10H2,1-5H3. The normalized spacial score (nSPS) is 12.9. The Kier molecular flexibility index (Phi) is 3.68. The molecule has 1 aromatic rings. The van der Waals surface area contributed by atoms with Crippen LogP contribution in [0.5, 0.6) is 0 Å². The molecule has 0 saturated carbocycles. The molecule has 0 spiro atoms. The lowest BCUT2D eigenvalue weighted by atomic mass is 10.2. The molecule has 0 aromatic carbocycles. The summed E-state index contributed by atoms with van der Waals surface area (Å²) in [5.74, 6) is 0. The molecule has 0 amide bonds. The van der Waals surface area contributed by atoms with Crippen molar-refractivity contribution in [2.75, 3.05) is 0 Å². The third-order valence-corrected chi connectivity index (χ3v) is 7.57. The van der Waals surface area contributed by atoms with Crippen molar-refractivity contribution in [2.24, 2.45) is 0 Å². The summed E-state index contributed by atoms with van der Waals surface area (Å²) < 4.78 is 6.07. The summed E-state index contributed by atoms with van der Waals surface area (Å²) in [6.07, 6.45) is 4.58. The fourth-order valence-electron chi connectivity index (χ4n) is 0.914. The second-order valence-corrected chi connectivity index (χ2v) is 10.2. The Morgan fingerprint density at radius 3 is 2.53 bits per heavy atom. The smallest absolute Gasteiger partial charge is 0.192 e. The number of hydrogen-bond acceptors (Lipinski definition) is 2. The van der Waals surface area contributed by atoms with E-state index in [1.807, 2.05) is 12.1 Å². The third kappa shape index (κ3) is 3.43. The first-order chi connectivity index (χ1) is 6.83. The quantitative estimate of drug-likeness (QED) is 0.731. The van der Waals surface area contributed by atoms with Crippen LogP contribution in [0.25, 0.3) is 0 Å². The zero-order valence-corrected chi connectivity index (χ0v) is 11.3. The molecule has 0 aliphatic heterocycles. The molecule has 0 bridgehead atoms. The molecular formula is C12H20NOSi. The Morgan fingerprint density at radius 1 is 1.40 bits per heavy atom. The van der Waals surface area contributed by atoms with Crippen molar-refractivity contribution < 1.29 is 4.43 Å². The molecule has 0 fully saturated rings. The second-order valence-electron chi connectivity index (χ2n) is 5.34. The highest BCUT2D eigenvalue weighted by Crippen LogP contribution is 2.36. The van der Waals surface area contributed by atoms with Crippen LogP contribution in [0.3, 0.4) is 0 Å². The fourth-order valence-corrected chi connectivity index (χ4v) is 1.87. The Hall–Kier alpha value is -0.673. The summed E-state index contributed by atoms with van der Waals surface area (Å²) in [4.78, 5) is 3.87. The molecule has 83 valence electrons. The Morgan fingerprint density at radius 2 is 2.07 bits per heavy atom. The van der Waals surface area contributed by atoms with Crippen LogP contribution in [-0.2, 0) is 11.0 Å². The SMILES string of the molecule is CC(C)(C)[Si](C)(C)OCc1c[c]ncc1. The first-order valence-corrected chi connectivity index (χ1v) is 8.19. The van der Waals surface area contributed by atoms with Gasteiger partial charge in [0.25, 0.3) is 0 Å². The summed E-state index contributed by atoms with van der Waals surface area (Å²) in [6, 6.07) is 3.86. The number of nitrogens with zero attached hydrogens (tertiary/aromatic N) is 1. The van der Waals surface area contributed by atoms with Gasteiger partial charge in [-0.1, -0.05) is 20.8 Å². The predicted molar refractivity (Wildman–Crippen MR) is 65.1 cm³/mol. The molecule has 1 heterocycles. The first kappa shape index (κ1) is 12.4. The fraction of sp³-hybridized carbons (Fsp3) is 0.583. The zero-order chi connectivity index (χ0) is 11.5. The first-order valence-electron chi connectivity index (χ1n) is 5.28. The lowest BCUT2D eigenvalue weighted by molar-refractivity contribution is 0.276. The average Bonchev–Trinajstić information content (AvgIpc) is 2.15. The van der Waals surface area contributed by atoms with Gasteiger partial charge in [0.05, 0.1) is 12.8 Å². The van der Waals surface area contributed by atoms with Crippen LogP contribution >= 0.6 is 0 Å². The summed E-state index contributed by atoms with van der Waals surface area (Å²) in [5.41, 5.74) is 1.15. The second kappa shape index (κ2) is 4.45. The molecule has 1 rings (SSSR count). The third-order valence-electron chi connectivity index (χ3n) is 3.09. The van der Waals surface area contributed by atoms with Gasteiger partial charge in [0.1, 0.15) is 0 Å². The summed E-state index contributed by atoms with van der Waals surface area (Å²) >= 11 is 0. The molecule has 1 aromatic heterocycles. The van der Waals surface area contributed by atoms with Crippen LogP contribution in [0.1, 0.15) is 26.3 Å². The molecular weight excluding hydrogens is 202 g/mol. The van der Waals surface area contributed by atoms with Gasteiger partial charge in [0.2, 0.25) is 0 Å². The van der Waals surface area contributed by atoms with Crippen LogP contribution in [0, 0.1) is 6.20 Å². The van der Waals surface area contributed by atoms with E-state index in [2.05, 4.69) is 45.0 Å². The van der Waals surface area contributed by atoms with E-state index in [0.29, 0.717) is 6.61 Å².